The van der Waals surface area contributed by atoms with Gasteiger partial charge in [-0.1, -0.05) is 141 Å². The molecule has 0 fully saturated rings. The Kier molecular flexibility index (Phi) is 8.67. The molecule has 2 aliphatic heterocycles. The minimum absolute atomic E-state index is 0.688. The van der Waals surface area contributed by atoms with Gasteiger partial charge in [0.05, 0.1) is 16.1 Å². The molecule has 1 radical (unpaired) electrons. The first-order valence-electron chi connectivity index (χ1n) is 15.7. The van der Waals surface area contributed by atoms with E-state index in [9.17, 15) is 0 Å². The average Bonchev–Trinajstić information content (AvgIpc) is 3.60. The van der Waals surface area contributed by atoms with Crippen molar-refractivity contribution in [3.05, 3.63) is 24.3 Å². The first-order valence-corrected chi connectivity index (χ1v) is 28.8. The lowest BCUT2D eigenvalue weighted by Gasteiger charge is -2.26. The van der Waals surface area contributed by atoms with E-state index in [0.29, 0.717) is 0 Å². The molecule has 4 heterocycles. The average molecular weight is 624 g/mol. The van der Waals surface area contributed by atoms with Crippen LogP contribution in [-0.2, 0) is 0 Å². The molecule has 0 saturated heterocycles. The Labute approximate surface area is 252 Å². The molecular weight excluding hydrogens is 573 g/mol. The van der Waals surface area contributed by atoms with Crippen LogP contribution >= 0.6 is 22.7 Å². The molecule has 1 atom stereocenters. The van der Waals surface area contributed by atoms with Crippen LogP contribution in [-0.4, -0.2) is 33.0 Å². The maximum atomic E-state index is 2.80. The quantitative estimate of drug-likeness (QED) is 0.143. The fourth-order valence-electron chi connectivity index (χ4n) is 6.70. The SMILES string of the molecule is CCCCCC[Si]1c2cc3c(cc2-c2sc([Si](C)(C)C)cc21)[Si](C)(CCCCCC)c1cc([Si](C)(C)C)sc1-3. The largest absolute Gasteiger partial charge is 0.145 e. The molecule has 0 N–H and O–H groups in total. The van der Waals surface area contributed by atoms with Crippen LogP contribution in [0.15, 0.2) is 24.3 Å². The fourth-order valence-corrected chi connectivity index (χ4v) is 21.8. The van der Waals surface area contributed by atoms with Gasteiger partial charge in [0, 0.05) is 9.75 Å². The Morgan fingerprint density at radius 1 is 0.641 bits per heavy atom. The lowest BCUT2D eigenvalue weighted by atomic mass is 10.1. The number of unbranched alkanes of at least 4 members (excludes halogenated alkanes) is 6. The zero-order valence-corrected chi connectivity index (χ0v) is 31.8. The summed E-state index contributed by atoms with van der Waals surface area (Å²) in [5.74, 6) is 0. The van der Waals surface area contributed by atoms with Gasteiger partial charge in [0.15, 0.2) is 0 Å². The van der Waals surface area contributed by atoms with Crippen LogP contribution in [0.25, 0.3) is 20.9 Å². The minimum atomic E-state index is -1.73. The molecule has 0 spiro atoms. The van der Waals surface area contributed by atoms with Crippen molar-refractivity contribution >= 4 is 85.4 Å². The molecule has 6 heteroatoms. The first-order chi connectivity index (χ1) is 18.4. The molecule has 1 unspecified atom stereocenters. The Bertz CT molecular complexity index is 1340. The number of hydrogen-bond donors (Lipinski definition) is 0. The summed E-state index contributed by atoms with van der Waals surface area (Å²) in [6.45, 7) is 22.7. The van der Waals surface area contributed by atoms with Crippen LogP contribution in [0, 0.1) is 0 Å². The highest BCUT2D eigenvalue weighted by molar-refractivity contribution is 7.32. The number of fused-ring (bicyclic) bond motifs is 6. The van der Waals surface area contributed by atoms with Crippen LogP contribution < -0.4 is 29.7 Å². The summed E-state index contributed by atoms with van der Waals surface area (Å²) in [5, 5.41) is 7.17. The Morgan fingerprint density at radius 3 is 1.90 bits per heavy atom. The number of benzene rings is 1. The highest BCUT2D eigenvalue weighted by Crippen LogP contribution is 2.39. The predicted molar refractivity (Wildman–Crippen MR) is 193 cm³/mol. The van der Waals surface area contributed by atoms with E-state index in [1.165, 1.54) is 63.5 Å². The summed E-state index contributed by atoms with van der Waals surface area (Å²) >= 11 is 4.39. The van der Waals surface area contributed by atoms with Gasteiger partial charge in [-0.15, -0.1) is 22.7 Å². The van der Waals surface area contributed by atoms with Crippen LogP contribution in [0.2, 0.25) is 57.9 Å². The van der Waals surface area contributed by atoms with Crippen molar-refractivity contribution in [2.24, 2.45) is 0 Å². The summed E-state index contributed by atoms with van der Waals surface area (Å²) in [7, 11) is -5.06. The molecule has 0 aliphatic carbocycles. The molecule has 0 amide bonds. The summed E-state index contributed by atoms with van der Waals surface area (Å²) in [6, 6.07) is 13.9. The Hall–Kier alpha value is -0.512. The second-order valence-electron chi connectivity index (χ2n) is 14.6. The molecule has 0 nitrogen and oxygen atoms in total. The molecular formula is C33H51S2Si4. The zero-order chi connectivity index (χ0) is 28.2. The summed E-state index contributed by atoms with van der Waals surface area (Å²) in [4.78, 5) is 3.38. The van der Waals surface area contributed by atoms with Gasteiger partial charge in [0.1, 0.15) is 16.9 Å². The smallest absolute Gasteiger partial charge is 0.124 e. The normalized spacial score (nSPS) is 18.4. The van der Waals surface area contributed by atoms with Gasteiger partial charge in [-0.25, -0.2) is 0 Å². The Balaban J connectivity index is 1.64. The molecule has 0 bridgehead atoms. The third-order valence-corrected chi connectivity index (χ3v) is 26.6. The van der Waals surface area contributed by atoms with Crippen LogP contribution in [0.1, 0.15) is 65.2 Å². The molecule has 39 heavy (non-hydrogen) atoms. The lowest BCUT2D eigenvalue weighted by Crippen LogP contribution is -2.53. The van der Waals surface area contributed by atoms with E-state index in [4.69, 9.17) is 0 Å². The van der Waals surface area contributed by atoms with Gasteiger partial charge in [0.25, 0.3) is 0 Å². The van der Waals surface area contributed by atoms with E-state index in [0.717, 1.165) is 0 Å². The predicted octanol–water partition coefficient (Wildman–Crippen LogP) is 7.82. The van der Waals surface area contributed by atoms with E-state index in [2.05, 4.69) is 107 Å². The van der Waals surface area contributed by atoms with Gasteiger partial charge in [0.2, 0.25) is 0 Å². The summed E-state index contributed by atoms with van der Waals surface area (Å²) in [5.41, 5.74) is 3.36. The van der Waals surface area contributed by atoms with E-state index in [1.807, 2.05) is 5.19 Å². The van der Waals surface area contributed by atoms with Gasteiger partial charge in [-0.05, 0) is 46.9 Å². The van der Waals surface area contributed by atoms with Crippen LogP contribution in [0.5, 0.6) is 0 Å². The van der Waals surface area contributed by atoms with Crippen LogP contribution in [0.4, 0.5) is 0 Å². The number of hydrogen-bond acceptors (Lipinski definition) is 2. The van der Waals surface area contributed by atoms with Crippen molar-refractivity contribution in [3.63, 3.8) is 0 Å². The molecule has 2 aliphatic rings. The second kappa shape index (κ2) is 11.3. The van der Waals surface area contributed by atoms with Gasteiger partial charge >= 0.3 is 0 Å². The highest BCUT2D eigenvalue weighted by Gasteiger charge is 2.46. The standard InChI is InChI=1S/C33H51S2Si4/c1-10-12-14-16-18-36-26-20-25-28(21-24(26)32-27(36)22-30(34-32)37(3,4)5)39(9,19-17-15-13-11-2)29-23-31(35-33(25)29)38(6,7)8/h20-23H,10-19H2,1-9H3. The number of rotatable bonds is 12. The zero-order valence-electron chi connectivity index (χ0n) is 26.2. The summed E-state index contributed by atoms with van der Waals surface area (Å²) < 4.78 is 3.46. The topological polar surface area (TPSA) is 0 Å². The molecule has 1 aromatic carbocycles. The van der Waals surface area contributed by atoms with Crippen molar-refractivity contribution in [1.29, 1.82) is 0 Å². The lowest BCUT2D eigenvalue weighted by molar-refractivity contribution is 0.698. The monoisotopic (exact) mass is 623 g/mol. The maximum Gasteiger partial charge on any atom is 0.124 e. The van der Waals surface area contributed by atoms with Crippen molar-refractivity contribution in [2.45, 2.75) is 123 Å². The van der Waals surface area contributed by atoms with E-state index in [-0.39, 0.29) is 0 Å². The molecule has 5 rings (SSSR count). The van der Waals surface area contributed by atoms with Crippen molar-refractivity contribution in [2.75, 3.05) is 0 Å². The molecule has 0 saturated carbocycles. The van der Waals surface area contributed by atoms with Gasteiger partial charge in [-0.2, -0.15) is 0 Å². The van der Waals surface area contributed by atoms with E-state index >= 15 is 0 Å². The minimum Gasteiger partial charge on any atom is -0.145 e. The third-order valence-electron chi connectivity index (χ3n) is 9.24. The molecule has 211 valence electrons. The van der Waals surface area contributed by atoms with Crippen molar-refractivity contribution in [3.8, 4) is 20.9 Å². The Morgan fingerprint density at radius 2 is 1.26 bits per heavy atom. The van der Waals surface area contributed by atoms with Gasteiger partial charge < -0.3 is 0 Å². The second-order valence-corrected chi connectivity index (χ2v) is 34.3. The molecule has 2 aromatic heterocycles. The van der Waals surface area contributed by atoms with Crippen molar-refractivity contribution < 1.29 is 0 Å². The van der Waals surface area contributed by atoms with E-state index < -0.39 is 33.0 Å². The highest BCUT2D eigenvalue weighted by atomic mass is 32.1. The number of thiophene rings is 2. The van der Waals surface area contributed by atoms with Crippen LogP contribution in [0.3, 0.4) is 0 Å². The van der Waals surface area contributed by atoms with Crippen molar-refractivity contribution in [1.82, 2.24) is 0 Å². The van der Waals surface area contributed by atoms with E-state index in [1.54, 1.807) is 45.4 Å². The maximum absolute atomic E-state index is 2.80. The van der Waals surface area contributed by atoms with Gasteiger partial charge in [-0.3, -0.25) is 0 Å². The first kappa shape index (κ1) is 30.0. The molecule has 3 aromatic rings. The third kappa shape index (κ3) is 5.52. The summed E-state index contributed by atoms with van der Waals surface area (Å²) in [6.07, 6.45) is 11.1. The fraction of sp³-hybridized carbons (Fsp3) is 0.576.